The van der Waals surface area contributed by atoms with Crippen molar-refractivity contribution < 1.29 is 4.79 Å². The molecule has 1 aliphatic heterocycles. The minimum Gasteiger partial charge on any atom is -0.336 e. The lowest BCUT2D eigenvalue weighted by Crippen LogP contribution is -2.18. The van der Waals surface area contributed by atoms with Gasteiger partial charge in [-0.3, -0.25) is 4.79 Å². The second-order valence-electron chi connectivity index (χ2n) is 3.93. The van der Waals surface area contributed by atoms with Crippen LogP contribution in [0, 0.1) is 0 Å². The Balaban J connectivity index is 2.40. The maximum absolute atomic E-state index is 11.8. The van der Waals surface area contributed by atoms with E-state index in [0.717, 1.165) is 16.5 Å². The number of carbonyl (C=O) groups excluding carboxylic acids is 1. The van der Waals surface area contributed by atoms with Crippen LogP contribution < -0.4 is 0 Å². The normalized spacial score (nSPS) is 14.6. The van der Waals surface area contributed by atoms with Gasteiger partial charge in [-0.25, -0.2) is 4.98 Å². The lowest BCUT2D eigenvalue weighted by Gasteiger charge is -2.04. The third-order valence-corrected chi connectivity index (χ3v) is 3.30. The monoisotopic (exact) mass is 232 g/mol. The third-order valence-electron chi connectivity index (χ3n) is 2.87. The van der Waals surface area contributed by atoms with Crippen LogP contribution in [0.25, 0.3) is 10.9 Å². The topological polar surface area (TPSA) is 33.2 Å². The Kier molecular flexibility index (Phi) is 1.91. The molecule has 0 radical (unpaired) electrons. The van der Waals surface area contributed by atoms with Crippen molar-refractivity contribution in [3.8, 4) is 0 Å². The van der Waals surface area contributed by atoms with E-state index in [1.54, 1.807) is 11.9 Å². The Morgan fingerprint density at radius 2 is 2.12 bits per heavy atom. The molecule has 1 aromatic heterocycles. The molecule has 1 amide bonds. The maximum atomic E-state index is 11.8. The van der Waals surface area contributed by atoms with E-state index in [0.29, 0.717) is 17.3 Å². The number of hydrogen-bond acceptors (Lipinski definition) is 2. The zero-order chi connectivity index (χ0) is 11.3. The molecule has 3 rings (SSSR count). The molecule has 2 heterocycles. The van der Waals surface area contributed by atoms with Crippen molar-refractivity contribution in [2.45, 2.75) is 6.54 Å². The number of nitrogens with zero attached hydrogens (tertiary/aromatic N) is 2. The van der Waals surface area contributed by atoms with Crippen molar-refractivity contribution in [3.05, 3.63) is 40.5 Å². The summed E-state index contributed by atoms with van der Waals surface area (Å²) in [6.45, 7) is 0.546. The Bertz CT molecular complexity index is 609. The van der Waals surface area contributed by atoms with Gasteiger partial charge in [-0.1, -0.05) is 29.8 Å². The van der Waals surface area contributed by atoms with Crippen LogP contribution in [0.1, 0.15) is 16.1 Å². The van der Waals surface area contributed by atoms with Gasteiger partial charge in [0.1, 0.15) is 5.69 Å². The van der Waals surface area contributed by atoms with Crippen LogP contribution in [0.4, 0.5) is 0 Å². The van der Waals surface area contributed by atoms with Gasteiger partial charge in [-0.15, -0.1) is 0 Å². The Morgan fingerprint density at radius 1 is 1.38 bits per heavy atom. The van der Waals surface area contributed by atoms with Crippen molar-refractivity contribution in [1.82, 2.24) is 9.88 Å². The van der Waals surface area contributed by atoms with Crippen LogP contribution in [0.3, 0.4) is 0 Å². The molecule has 0 atom stereocenters. The predicted octanol–water partition coefficient (Wildman–Crippen LogP) is 2.47. The van der Waals surface area contributed by atoms with Gasteiger partial charge in [0.05, 0.1) is 10.5 Å². The molecule has 80 valence electrons. The lowest BCUT2D eigenvalue weighted by atomic mass is 10.1. The number of fused-ring (bicyclic) bond motifs is 2. The minimum absolute atomic E-state index is 0.0531. The molecule has 16 heavy (non-hydrogen) atoms. The number of hydrogen-bond donors (Lipinski definition) is 0. The van der Waals surface area contributed by atoms with Gasteiger partial charge >= 0.3 is 0 Å². The number of amides is 1. The van der Waals surface area contributed by atoms with E-state index in [1.165, 1.54) is 0 Å². The second-order valence-corrected chi connectivity index (χ2v) is 4.31. The smallest absolute Gasteiger partial charge is 0.272 e. The van der Waals surface area contributed by atoms with Gasteiger partial charge in [0.25, 0.3) is 5.91 Å². The van der Waals surface area contributed by atoms with Gasteiger partial charge in [-0.2, -0.15) is 0 Å². The highest BCUT2D eigenvalue weighted by Gasteiger charge is 2.29. The number of halogens is 1. The van der Waals surface area contributed by atoms with Gasteiger partial charge in [0.2, 0.25) is 0 Å². The molecule has 0 unspecified atom stereocenters. The minimum atomic E-state index is -0.0531. The van der Waals surface area contributed by atoms with Gasteiger partial charge < -0.3 is 4.90 Å². The van der Waals surface area contributed by atoms with Gasteiger partial charge in [-0.05, 0) is 6.07 Å². The summed E-state index contributed by atoms with van der Waals surface area (Å²) in [5.41, 5.74) is 2.11. The molecular formula is C12H9ClN2O. The quantitative estimate of drug-likeness (QED) is 0.699. The summed E-state index contributed by atoms with van der Waals surface area (Å²) in [5.74, 6) is -0.0531. The van der Waals surface area contributed by atoms with Gasteiger partial charge in [0, 0.05) is 24.5 Å². The fraction of sp³-hybridized carbons (Fsp3) is 0.167. The van der Waals surface area contributed by atoms with E-state index in [-0.39, 0.29) is 5.91 Å². The largest absolute Gasteiger partial charge is 0.336 e. The third kappa shape index (κ3) is 1.15. The molecule has 3 nitrogen and oxygen atoms in total. The van der Waals surface area contributed by atoms with Crippen LogP contribution in [0.5, 0.6) is 0 Å². The second kappa shape index (κ2) is 3.19. The molecular weight excluding hydrogens is 224 g/mol. The fourth-order valence-corrected chi connectivity index (χ4v) is 2.33. The van der Waals surface area contributed by atoms with E-state index in [9.17, 15) is 4.79 Å². The average Bonchev–Trinajstić information content (AvgIpc) is 2.58. The number of para-hydroxylation sites is 1. The molecule has 0 saturated carbocycles. The molecule has 0 spiro atoms. The van der Waals surface area contributed by atoms with Crippen molar-refractivity contribution in [1.29, 1.82) is 0 Å². The molecule has 4 heteroatoms. The van der Waals surface area contributed by atoms with Crippen molar-refractivity contribution in [3.63, 3.8) is 0 Å². The SMILES string of the molecule is CN1Cc2c(nc3ccccc3c2Cl)C1=O. The van der Waals surface area contributed by atoms with Gasteiger partial charge in [0.15, 0.2) is 0 Å². The number of pyridine rings is 1. The number of carbonyl (C=O) groups is 1. The first-order valence-corrected chi connectivity index (χ1v) is 5.39. The summed E-state index contributed by atoms with van der Waals surface area (Å²) in [7, 11) is 1.75. The van der Waals surface area contributed by atoms with Crippen LogP contribution in [-0.4, -0.2) is 22.8 Å². The van der Waals surface area contributed by atoms with Crippen LogP contribution in [0.2, 0.25) is 5.02 Å². The molecule has 0 saturated heterocycles. The summed E-state index contributed by atoms with van der Waals surface area (Å²) in [5, 5.41) is 1.56. The lowest BCUT2D eigenvalue weighted by molar-refractivity contribution is 0.0812. The molecule has 1 aromatic carbocycles. The Morgan fingerprint density at radius 3 is 2.94 bits per heavy atom. The summed E-state index contributed by atoms with van der Waals surface area (Å²) in [4.78, 5) is 17.8. The first kappa shape index (κ1) is 9.60. The zero-order valence-electron chi connectivity index (χ0n) is 8.70. The maximum Gasteiger partial charge on any atom is 0.272 e. The van der Waals surface area contributed by atoms with Crippen LogP contribution in [0.15, 0.2) is 24.3 Å². The summed E-state index contributed by atoms with van der Waals surface area (Å²) >= 11 is 6.30. The summed E-state index contributed by atoms with van der Waals surface area (Å²) in [6.07, 6.45) is 0. The zero-order valence-corrected chi connectivity index (χ0v) is 9.45. The average molecular weight is 233 g/mol. The number of rotatable bonds is 0. The van der Waals surface area contributed by atoms with E-state index >= 15 is 0 Å². The first-order valence-electron chi connectivity index (χ1n) is 5.01. The molecule has 1 aliphatic rings. The number of benzene rings is 1. The molecule has 2 aromatic rings. The molecule has 0 aliphatic carbocycles. The predicted molar refractivity (Wildman–Crippen MR) is 62.6 cm³/mol. The van der Waals surface area contributed by atoms with E-state index in [1.807, 2.05) is 24.3 Å². The highest BCUT2D eigenvalue weighted by Crippen LogP contribution is 2.32. The molecule has 0 bridgehead atoms. The van der Waals surface area contributed by atoms with Crippen molar-refractivity contribution in [2.75, 3.05) is 7.05 Å². The molecule has 0 N–H and O–H groups in total. The van der Waals surface area contributed by atoms with Crippen LogP contribution >= 0.6 is 11.6 Å². The highest BCUT2D eigenvalue weighted by molar-refractivity contribution is 6.36. The van der Waals surface area contributed by atoms with E-state index in [4.69, 9.17) is 11.6 Å². The van der Waals surface area contributed by atoms with Crippen molar-refractivity contribution >= 4 is 28.4 Å². The van der Waals surface area contributed by atoms with Crippen LogP contribution in [-0.2, 0) is 6.54 Å². The number of aromatic nitrogens is 1. The van der Waals surface area contributed by atoms with E-state index in [2.05, 4.69) is 4.98 Å². The van der Waals surface area contributed by atoms with E-state index < -0.39 is 0 Å². The summed E-state index contributed by atoms with van der Waals surface area (Å²) < 4.78 is 0. The summed E-state index contributed by atoms with van der Waals surface area (Å²) in [6, 6.07) is 7.60. The standard InChI is InChI=1S/C12H9ClN2O/c1-15-6-8-10(13)7-4-2-3-5-9(7)14-11(8)12(15)16/h2-5H,6H2,1H3. The van der Waals surface area contributed by atoms with Crippen molar-refractivity contribution in [2.24, 2.45) is 0 Å². The highest BCUT2D eigenvalue weighted by atomic mass is 35.5. The fourth-order valence-electron chi connectivity index (χ4n) is 2.02. The Labute approximate surface area is 97.6 Å². The Hall–Kier alpha value is -1.61. The molecule has 0 fully saturated rings. The first-order chi connectivity index (χ1) is 7.68.